The van der Waals surface area contributed by atoms with Crippen LogP contribution in [0.1, 0.15) is 17.2 Å². The maximum atomic E-state index is 11.7. The standard InChI is InChI=1S/C13H9N3O3/c14-5-7-1-3-8(4-2-7)11-10-9(6-19-12(10)17)15-13(18)16-11/h1-4,11H,6H2,(H2,15,16,18)/t11-/m1/s1. The Kier molecular flexibility index (Phi) is 2.46. The molecule has 3 rings (SSSR count). The highest BCUT2D eigenvalue weighted by Gasteiger charge is 2.37. The summed E-state index contributed by atoms with van der Waals surface area (Å²) >= 11 is 0. The number of nitrogens with one attached hydrogen (secondary N) is 2. The summed E-state index contributed by atoms with van der Waals surface area (Å²) in [5.41, 5.74) is 2.18. The molecule has 2 N–H and O–H groups in total. The Morgan fingerprint density at radius 3 is 2.68 bits per heavy atom. The van der Waals surface area contributed by atoms with Gasteiger partial charge in [0.05, 0.1) is 28.9 Å². The molecule has 0 saturated heterocycles. The lowest BCUT2D eigenvalue weighted by Gasteiger charge is -2.24. The van der Waals surface area contributed by atoms with Gasteiger partial charge in [-0.05, 0) is 17.7 Å². The molecule has 2 heterocycles. The van der Waals surface area contributed by atoms with Gasteiger partial charge < -0.3 is 15.4 Å². The van der Waals surface area contributed by atoms with Gasteiger partial charge >= 0.3 is 12.0 Å². The van der Waals surface area contributed by atoms with Crippen molar-refractivity contribution in [2.24, 2.45) is 0 Å². The van der Waals surface area contributed by atoms with Crippen LogP contribution >= 0.6 is 0 Å². The second kappa shape index (κ2) is 4.14. The number of nitriles is 1. The first-order valence-electron chi connectivity index (χ1n) is 5.67. The number of carbonyl (C=O) groups is 2. The summed E-state index contributed by atoms with van der Waals surface area (Å²) in [5, 5.41) is 14.0. The van der Waals surface area contributed by atoms with Gasteiger partial charge in [0.15, 0.2) is 0 Å². The van der Waals surface area contributed by atoms with Gasteiger partial charge in [0.1, 0.15) is 6.61 Å². The number of ether oxygens (including phenoxy) is 1. The monoisotopic (exact) mass is 255 g/mol. The van der Waals surface area contributed by atoms with E-state index in [1.807, 2.05) is 6.07 Å². The van der Waals surface area contributed by atoms with Gasteiger partial charge in [-0.15, -0.1) is 0 Å². The van der Waals surface area contributed by atoms with Crippen LogP contribution in [0, 0.1) is 11.3 Å². The summed E-state index contributed by atoms with van der Waals surface area (Å²) in [6.07, 6.45) is 0. The van der Waals surface area contributed by atoms with Crippen molar-refractivity contribution in [3.63, 3.8) is 0 Å². The molecule has 0 fully saturated rings. The molecule has 0 aromatic heterocycles. The highest BCUT2D eigenvalue weighted by molar-refractivity contribution is 5.97. The molecule has 1 atom stereocenters. The third kappa shape index (κ3) is 1.81. The van der Waals surface area contributed by atoms with E-state index >= 15 is 0 Å². The fraction of sp³-hybridized carbons (Fsp3) is 0.154. The number of urea groups is 1. The summed E-state index contributed by atoms with van der Waals surface area (Å²) in [6, 6.07) is 7.83. The first kappa shape index (κ1) is 11.3. The van der Waals surface area contributed by atoms with E-state index in [1.165, 1.54) is 0 Å². The first-order valence-corrected chi connectivity index (χ1v) is 5.67. The predicted molar refractivity (Wildman–Crippen MR) is 63.6 cm³/mol. The van der Waals surface area contributed by atoms with Gasteiger partial charge in [-0.25, -0.2) is 9.59 Å². The molecule has 19 heavy (non-hydrogen) atoms. The smallest absolute Gasteiger partial charge is 0.338 e. The van der Waals surface area contributed by atoms with Crippen LogP contribution in [0.2, 0.25) is 0 Å². The lowest BCUT2D eigenvalue weighted by atomic mass is 9.96. The van der Waals surface area contributed by atoms with Crippen molar-refractivity contribution in [3.05, 3.63) is 46.7 Å². The van der Waals surface area contributed by atoms with Gasteiger partial charge in [-0.3, -0.25) is 0 Å². The van der Waals surface area contributed by atoms with Crippen molar-refractivity contribution in [2.75, 3.05) is 6.61 Å². The zero-order valence-corrected chi connectivity index (χ0v) is 9.77. The van der Waals surface area contributed by atoms with E-state index < -0.39 is 12.0 Å². The van der Waals surface area contributed by atoms with Crippen molar-refractivity contribution in [1.29, 1.82) is 5.26 Å². The van der Waals surface area contributed by atoms with Gasteiger partial charge in [0, 0.05) is 0 Å². The van der Waals surface area contributed by atoms with Gasteiger partial charge in [0.2, 0.25) is 0 Å². The third-order valence-electron chi connectivity index (χ3n) is 3.09. The molecule has 6 nitrogen and oxygen atoms in total. The van der Waals surface area contributed by atoms with Crippen LogP contribution in [0.5, 0.6) is 0 Å². The Balaban J connectivity index is 2.02. The lowest BCUT2D eigenvalue weighted by Crippen LogP contribution is -2.44. The lowest BCUT2D eigenvalue weighted by molar-refractivity contribution is -0.136. The van der Waals surface area contributed by atoms with Crippen molar-refractivity contribution in [1.82, 2.24) is 10.6 Å². The minimum Gasteiger partial charge on any atom is -0.456 e. The maximum Gasteiger partial charge on any atom is 0.338 e. The van der Waals surface area contributed by atoms with Crippen molar-refractivity contribution >= 4 is 12.0 Å². The fourth-order valence-corrected chi connectivity index (χ4v) is 2.19. The molecular weight excluding hydrogens is 246 g/mol. The Hall–Kier alpha value is -2.81. The number of hydrogen-bond acceptors (Lipinski definition) is 4. The van der Waals surface area contributed by atoms with E-state index in [4.69, 9.17) is 10.00 Å². The number of benzene rings is 1. The molecule has 2 amide bonds. The van der Waals surface area contributed by atoms with Crippen LogP contribution in [0.25, 0.3) is 0 Å². The Morgan fingerprint density at radius 2 is 2.00 bits per heavy atom. The zero-order valence-electron chi connectivity index (χ0n) is 9.77. The second-order valence-electron chi connectivity index (χ2n) is 4.23. The Labute approximate surface area is 108 Å². The number of esters is 1. The molecule has 0 spiro atoms. The normalized spacial score (nSPS) is 21.1. The summed E-state index contributed by atoms with van der Waals surface area (Å²) < 4.78 is 4.92. The van der Waals surface area contributed by atoms with E-state index in [2.05, 4.69) is 10.6 Å². The van der Waals surface area contributed by atoms with E-state index in [9.17, 15) is 9.59 Å². The molecule has 6 heteroatoms. The number of cyclic esters (lactones) is 1. The van der Waals surface area contributed by atoms with E-state index in [0.29, 0.717) is 16.8 Å². The Bertz CT molecular complexity index is 640. The quantitative estimate of drug-likeness (QED) is 0.723. The highest BCUT2D eigenvalue weighted by Crippen LogP contribution is 2.30. The van der Waals surface area contributed by atoms with Crippen molar-refractivity contribution in [2.45, 2.75) is 6.04 Å². The van der Waals surface area contributed by atoms with Crippen LogP contribution in [0.4, 0.5) is 4.79 Å². The summed E-state index contributed by atoms with van der Waals surface area (Å²) in [6.45, 7) is 0.0916. The van der Waals surface area contributed by atoms with Crippen molar-refractivity contribution < 1.29 is 14.3 Å². The van der Waals surface area contributed by atoms with Gasteiger partial charge in [0.25, 0.3) is 0 Å². The van der Waals surface area contributed by atoms with Crippen LogP contribution in [0.3, 0.4) is 0 Å². The predicted octanol–water partition coefficient (Wildman–Crippen LogP) is 0.723. The molecule has 0 bridgehead atoms. The largest absolute Gasteiger partial charge is 0.456 e. The molecule has 2 aliphatic rings. The molecule has 0 radical (unpaired) electrons. The molecule has 0 aliphatic carbocycles. The van der Waals surface area contributed by atoms with Crippen LogP contribution in [0.15, 0.2) is 35.5 Å². The van der Waals surface area contributed by atoms with E-state index in [0.717, 1.165) is 5.56 Å². The number of carbonyl (C=O) groups excluding carboxylic acids is 2. The summed E-state index contributed by atoms with van der Waals surface area (Å²) in [7, 11) is 0. The molecule has 1 aromatic rings. The second-order valence-corrected chi connectivity index (χ2v) is 4.23. The zero-order chi connectivity index (χ0) is 13.4. The first-order chi connectivity index (χ1) is 9.19. The fourth-order valence-electron chi connectivity index (χ4n) is 2.19. The van der Waals surface area contributed by atoms with Crippen molar-refractivity contribution in [3.8, 4) is 6.07 Å². The number of nitrogens with zero attached hydrogens (tertiary/aromatic N) is 1. The van der Waals surface area contributed by atoms with Gasteiger partial charge in [-0.2, -0.15) is 5.26 Å². The molecule has 0 saturated carbocycles. The average Bonchev–Trinajstić information content (AvgIpc) is 2.79. The minimum absolute atomic E-state index is 0.0916. The third-order valence-corrected chi connectivity index (χ3v) is 3.09. The number of hydrogen-bond donors (Lipinski definition) is 2. The summed E-state index contributed by atoms with van der Waals surface area (Å²) in [4.78, 5) is 23.2. The van der Waals surface area contributed by atoms with Crippen LogP contribution in [-0.2, 0) is 9.53 Å². The highest BCUT2D eigenvalue weighted by atomic mass is 16.5. The van der Waals surface area contributed by atoms with Crippen LogP contribution < -0.4 is 10.6 Å². The topological polar surface area (TPSA) is 91.2 Å². The number of rotatable bonds is 1. The SMILES string of the molecule is N#Cc1ccc([C@H]2NC(=O)NC3=C2C(=O)OC3)cc1. The van der Waals surface area contributed by atoms with Gasteiger partial charge in [-0.1, -0.05) is 12.1 Å². The number of amides is 2. The van der Waals surface area contributed by atoms with E-state index in [-0.39, 0.29) is 12.6 Å². The molecule has 2 aliphatic heterocycles. The molecule has 1 aromatic carbocycles. The Morgan fingerprint density at radius 1 is 1.26 bits per heavy atom. The van der Waals surface area contributed by atoms with E-state index in [1.54, 1.807) is 24.3 Å². The molecular formula is C13H9N3O3. The van der Waals surface area contributed by atoms with Crippen LogP contribution in [-0.4, -0.2) is 18.6 Å². The average molecular weight is 255 g/mol. The minimum atomic E-state index is -0.536. The molecule has 0 unspecified atom stereocenters. The molecule has 94 valence electrons. The summed E-state index contributed by atoms with van der Waals surface area (Å²) in [5.74, 6) is -0.433. The maximum absolute atomic E-state index is 11.7.